The third-order valence-electron chi connectivity index (χ3n) is 22.7. The molecular weight excluding hydrogens is 1260 g/mol. The molecule has 0 fully saturated rings. The number of fused-ring (bicyclic) bond motifs is 16. The van der Waals surface area contributed by atoms with Gasteiger partial charge < -0.3 is 9.80 Å². The molecule has 3 heteroatoms. The molecule has 19 aromatic rings. The quantitative estimate of drug-likeness (QED) is 0.111. The van der Waals surface area contributed by atoms with Gasteiger partial charge in [0.1, 0.15) is 0 Å². The number of rotatable bonds is 8. The smallest absolute Gasteiger partial charge is 0.252 e. The van der Waals surface area contributed by atoms with Crippen molar-refractivity contribution in [2.24, 2.45) is 0 Å². The van der Waals surface area contributed by atoms with Gasteiger partial charge in [0.05, 0.1) is 14.1 Å². The molecule has 0 aliphatic carbocycles. The summed E-state index contributed by atoms with van der Waals surface area (Å²) in [5.41, 5.74) is 21.2. The molecule has 0 aromatic heterocycles. The van der Waals surface area contributed by atoms with E-state index in [1.807, 2.05) is 0 Å². The van der Waals surface area contributed by atoms with Crippen LogP contribution in [-0.4, -0.2) is 6.71 Å². The SMILES string of the molecule is [2H]c1c2c3c(c([2H])c1C(C)(C)C)N(c1c(-c4cccc5c4ccc4ccccc45)cccc1-c1cccc4c1ccc1ccccc14)c1ccc(-c4ccccc4)cc1B3c1cc(-c3ccccc3)ccc1N2c1c(-c2cccc3c2ccc2ccccc23)cccc1-c1cccc2c1ccc1ccccc12. The first-order chi connectivity index (χ1) is 52.6. The van der Waals surface area contributed by atoms with Crippen molar-refractivity contribution >= 4 is 143 Å². The lowest BCUT2D eigenvalue weighted by molar-refractivity contribution is 0.590. The molecular formula is C102H69BN2. The first kappa shape index (κ1) is 58.6. The average Bonchev–Trinajstić information content (AvgIpc) is 0.676. The van der Waals surface area contributed by atoms with E-state index < -0.39 is 12.1 Å². The standard InChI is InChI=1S/C102H69BN2/c1-102(2,3)72-62-97-99-98(63-72)105(101-91(83-42-20-38-79-75-34-16-12-30-68(75)50-56-87(79)83)46-23-47-92(101)84-43-21-39-80-76-35-17-13-31-69(76)51-57-88(80)84)96-59-53-71(65-26-8-5-9-27-65)61-94(96)103(99)93-60-70(64-24-6-4-7-25-64)52-58-95(93)104(97)100-89(81-40-18-36-77-73-32-14-10-28-66(73)48-54-85(77)81)44-22-45-90(100)82-41-19-37-78-74-33-15-11-29-67(74)49-55-86(78)82/h4-63H,1-3H3/i62D,63D. The summed E-state index contributed by atoms with van der Waals surface area (Å²) in [5, 5.41) is 18.7. The monoisotopic (exact) mass is 1330 g/mol. The summed E-state index contributed by atoms with van der Waals surface area (Å²) in [7, 11) is 0. The summed E-state index contributed by atoms with van der Waals surface area (Å²) in [4.78, 5) is 5.03. The summed E-state index contributed by atoms with van der Waals surface area (Å²) in [6.45, 7) is 6.11. The highest BCUT2D eigenvalue weighted by atomic mass is 15.2. The van der Waals surface area contributed by atoms with Crippen LogP contribution in [0.3, 0.4) is 0 Å². The Morgan fingerprint density at radius 1 is 0.238 bits per heavy atom. The highest BCUT2D eigenvalue weighted by Gasteiger charge is 2.46. The van der Waals surface area contributed by atoms with E-state index in [1.165, 1.54) is 64.6 Å². The molecule has 0 saturated carbocycles. The number of nitrogens with zero attached hydrogens (tertiary/aromatic N) is 2. The van der Waals surface area contributed by atoms with Gasteiger partial charge in [0.15, 0.2) is 0 Å². The van der Waals surface area contributed by atoms with Gasteiger partial charge in [-0.25, -0.2) is 0 Å². The molecule has 0 N–H and O–H groups in total. The van der Waals surface area contributed by atoms with Crippen LogP contribution in [0.2, 0.25) is 0 Å². The molecule has 2 aliphatic rings. The number of benzene rings is 19. The molecule has 490 valence electrons. The molecule has 0 unspecified atom stereocenters. The maximum Gasteiger partial charge on any atom is 0.252 e. The molecule has 0 bridgehead atoms. The Morgan fingerprint density at radius 3 is 0.848 bits per heavy atom. The normalized spacial score (nSPS) is 12.9. The number of hydrogen-bond acceptors (Lipinski definition) is 2. The Hall–Kier alpha value is -13.1. The summed E-state index contributed by atoms with van der Waals surface area (Å²) >= 11 is 0. The molecule has 0 amide bonds. The van der Waals surface area contributed by atoms with E-state index in [2.05, 4.69) is 382 Å². The first-order valence-corrected chi connectivity index (χ1v) is 36.7. The van der Waals surface area contributed by atoms with Gasteiger partial charge in [-0.05, 0) is 182 Å². The maximum absolute atomic E-state index is 11.7. The van der Waals surface area contributed by atoms with E-state index in [0.29, 0.717) is 17.6 Å². The third kappa shape index (κ3) is 9.51. The van der Waals surface area contributed by atoms with Crippen LogP contribution in [0.15, 0.2) is 364 Å². The fourth-order valence-electron chi connectivity index (χ4n) is 17.8. The number of hydrogen-bond donors (Lipinski definition) is 0. The second-order valence-corrected chi connectivity index (χ2v) is 29.5. The van der Waals surface area contributed by atoms with Crippen LogP contribution in [-0.2, 0) is 5.41 Å². The molecule has 0 saturated heterocycles. The van der Waals surface area contributed by atoms with Crippen molar-refractivity contribution in [2.45, 2.75) is 26.2 Å². The van der Waals surface area contributed by atoms with Crippen molar-refractivity contribution in [3.63, 3.8) is 0 Å². The van der Waals surface area contributed by atoms with Crippen LogP contribution in [0.25, 0.3) is 153 Å². The fourth-order valence-corrected chi connectivity index (χ4v) is 17.8. The van der Waals surface area contributed by atoms with Gasteiger partial charge in [0.25, 0.3) is 6.71 Å². The van der Waals surface area contributed by atoms with Crippen molar-refractivity contribution in [3.05, 3.63) is 369 Å². The minimum absolute atomic E-state index is 0.329. The van der Waals surface area contributed by atoms with E-state index in [-0.39, 0.29) is 0 Å². The highest BCUT2D eigenvalue weighted by molar-refractivity contribution is 7.00. The minimum atomic E-state index is -0.729. The molecule has 2 nitrogen and oxygen atoms in total. The second kappa shape index (κ2) is 23.8. The lowest BCUT2D eigenvalue weighted by atomic mass is 9.33. The molecule has 0 spiro atoms. The van der Waals surface area contributed by atoms with Crippen LogP contribution in [0.5, 0.6) is 0 Å². The summed E-state index contributed by atoms with van der Waals surface area (Å²) < 4.78 is 23.4. The van der Waals surface area contributed by atoms with E-state index in [1.54, 1.807) is 0 Å². The van der Waals surface area contributed by atoms with E-state index in [9.17, 15) is 2.74 Å². The Kier molecular flexibility index (Phi) is 13.2. The van der Waals surface area contributed by atoms with Crippen molar-refractivity contribution in [1.82, 2.24) is 0 Å². The summed E-state index contributed by atoms with van der Waals surface area (Å²) in [5.74, 6) is 0. The van der Waals surface area contributed by atoms with Gasteiger partial charge in [0, 0.05) is 45.0 Å². The Balaban J connectivity index is 0.957. The Morgan fingerprint density at radius 2 is 0.524 bits per heavy atom. The van der Waals surface area contributed by atoms with Crippen molar-refractivity contribution in [2.75, 3.05) is 9.80 Å². The molecule has 0 atom stereocenters. The Labute approximate surface area is 614 Å². The van der Waals surface area contributed by atoms with Crippen molar-refractivity contribution < 1.29 is 2.74 Å². The van der Waals surface area contributed by atoms with Crippen LogP contribution in [0.4, 0.5) is 34.1 Å². The zero-order valence-corrected chi connectivity index (χ0v) is 58.5. The second-order valence-electron chi connectivity index (χ2n) is 29.5. The summed E-state index contributed by atoms with van der Waals surface area (Å²) in [6, 6.07) is 131. The molecule has 19 aromatic carbocycles. The molecule has 2 aliphatic heterocycles. The third-order valence-corrected chi connectivity index (χ3v) is 22.7. The first-order valence-electron chi connectivity index (χ1n) is 37.7. The van der Waals surface area contributed by atoms with E-state index in [0.717, 1.165) is 139 Å². The largest absolute Gasteiger partial charge is 0.310 e. The van der Waals surface area contributed by atoms with Crippen LogP contribution < -0.4 is 26.2 Å². The molecule has 21 rings (SSSR count). The molecule has 0 radical (unpaired) electrons. The van der Waals surface area contributed by atoms with Gasteiger partial charge in [-0.1, -0.05) is 360 Å². The Bertz CT molecular complexity index is 6290. The van der Waals surface area contributed by atoms with Gasteiger partial charge in [-0.3, -0.25) is 0 Å². The fraction of sp³-hybridized carbons (Fsp3) is 0.0392. The molecule has 105 heavy (non-hydrogen) atoms. The zero-order valence-electron chi connectivity index (χ0n) is 60.5. The van der Waals surface area contributed by atoms with Gasteiger partial charge >= 0.3 is 0 Å². The molecule has 2 heterocycles. The predicted molar refractivity (Wildman–Crippen MR) is 452 cm³/mol. The van der Waals surface area contributed by atoms with Crippen LogP contribution >= 0.6 is 0 Å². The number of anilines is 6. The van der Waals surface area contributed by atoms with Crippen molar-refractivity contribution in [1.29, 1.82) is 0 Å². The van der Waals surface area contributed by atoms with Gasteiger partial charge in [-0.2, -0.15) is 0 Å². The lowest BCUT2D eigenvalue weighted by Crippen LogP contribution is -2.61. The summed E-state index contributed by atoms with van der Waals surface area (Å²) in [6.07, 6.45) is 0. The van der Waals surface area contributed by atoms with Crippen LogP contribution in [0.1, 0.15) is 29.1 Å². The maximum atomic E-state index is 11.7. The minimum Gasteiger partial charge on any atom is -0.310 e. The van der Waals surface area contributed by atoms with E-state index >= 15 is 0 Å². The van der Waals surface area contributed by atoms with Gasteiger partial charge in [0.2, 0.25) is 0 Å². The lowest BCUT2D eigenvalue weighted by Gasteiger charge is -2.46. The van der Waals surface area contributed by atoms with Crippen LogP contribution in [0, 0.1) is 0 Å². The number of para-hydroxylation sites is 2. The van der Waals surface area contributed by atoms with Crippen molar-refractivity contribution in [3.8, 4) is 66.8 Å². The van der Waals surface area contributed by atoms with Gasteiger partial charge in [-0.15, -0.1) is 0 Å². The highest BCUT2D eigenvalue weighted by Crippen LogP contribution is 2.56. The topological polar surface area (TPSA) is 6.48 Å². The zero-order chi connectivity index (χ0) is 71.3. The van der Waals surface area contributed by atoms with E-state index in [4.69, 9.17) is 0 Å². The average molecular weight is 1340 g/mol. The predicted octanol–water partition coefficient (Wildman–Crippen LogP) is 26.3.